The van der Waals surface area contributed by atoms with Gasteiger partial charge in [-0.1, -0.05) is 12.1 Å². The van der Waals surface area contributed by atoms with Crippen LogP contribution in [-0.4, -0.2) is 24.5 Å². The van der Waals surface area contributed by atoms with Gasteiger partial charge < -0.3 is 10.1 Å². The molecule has 1 aliphatic rings. The molecule has 1 amide bonds. The van der Waals surface area contributed by atoms with Crippen LogP contribution in [0, 0.1) is 0 Å². The van der Waals surface area contributed by atoms with E-state index in [0.29, 0.717) is 18.4 Å². The van der Waals surface area contributed by atoms with Gasteiger partial charge in [0.15, 0.2) is 0 Å². The molecule has 1 N–H and O–H groups in total. The van der Waals surface area contributed by atoms with Crippen molar-refractivity contribution >= 4 is 11.9 Å². The number of carbonyl (C=O) groups is 2. The number of halogens is 3. The molecule has 23 heavy (non-hydrogen) atoms. The first-order valence-corrected chi connectivity index (χ1v) is 7.43. The van der Waals surface area contributed by atoms with Crippen molar-refractivity contribution in [1.29, 1.82) is 0 Å². The normalized spacial score (nSPS) is 19.3. The monoisotopic (exact) mass is 329 g/mol. The summed E-state index contributed by atoms with van der Waals surface area (Å²) in [7, 11) is 0. The summed E-state index contributed by atoms with van der Waals surface area (Å²) in [6.07, 6.45) is -3.49. The van der Waals surface area contributed by atoms with Gasteiger partial charge in [-0.2, -0.15) is 13.2 Å². The van der Waals surface area contributed by atoms with Crippen molar-refractivity contribution in [2.45, 2.75) is 44.3 Å². The summed E-state index contributed by atoms with van der Waals surface area (Å²) in [5.74, 6) is -0.947. The molecule has 2 atom stereocenters. The maximum absolute atomic E-state index is 12.7. The Morgan fingerprint density at radius 3 is 2.48 bits per heavy atom. The van der Waals surface area contributed by atoms with E-state index in [4.69, 9.17) is 4.74 Å². The molecule has 0 radical (unpaired) electrons. The first-order valence-electron chi connectivity index (χ1n) is 7.43. The molecule has 1 fully saturated rings. The van der Waals surface area contributed by atoms with Crippen LogP contribution in [0.4, 0.5) is 13.2 Å². The van der Waals surface area contributed by atoms with E-state index in [1.807, 2.05) is 0 Å². The fraction of sp³-hybridized carbons (Fsp3) is 0.500. The molecule has 1 aliphatic heterocycles. The van der Waals surface area contributed by atoms with Crippen molar-refractivity contribution in [3.05, 3.63) is 35.4 Å². The third kappa shape index (κ3) is 4.46. The van der Waals surface area contributed by atoms with Gasteiger partial charge in [0.05, 0.1) is 18.6 Å². The second kappa shape index (κ2) is 7.02. The molecule has 2 rings (SSSR count). The van der Waals surface area contributed by atoms with E-state index in [-0.39, 0.29) is 25.0 Å². The largest absolute Gasteiger partial charge is 0.466 e. The topological polar surface area (TPSA) is 55.4 Å². The molecule has 2 unspecified atom stereocenters. The number of nitrogens with one attached hydrogen (secondary N) is 1. The van der Waals surface area contributed by atoms with Gasteiger partial charge in [0.25, 0.3) is 0 Å². The van der Waals surface area contributed by atoms with Crippen molar-refractivity contribution in [2.75, 3.05) is 6.61 Å². The van der Waals surface area contributed by atoms with Gasteiger partial charge in [-0.25, -0.2) is 0 Å². The maximum Gasteiger partial charge on any atom is 0.416 e. The highest BCUT2D eigenvalue weighted by Gasteiger charge is 2.33. The SMILES string of the molecule is CCOC(=O)CC(c1ccc(C(F)(F)F)cc1)C1CCC(=O)N1. The second-order valence-corrected chi connectivity index (χ2v) is 5.45. The maximum atomic E-state index is 12.7. The van der Waals surface area contributed by atoms with Gasteiger partial charge in [-0.05, 0) is 31.0 Å². The quantitative estimate of drug-likeness (QED) is 0.845. The minimum Gasteiger partial charge on any atom is -0.466 e. The molecule has 0 spiro atoms. The van der Waals surface area contributed by atoms with E-state index < -0.39 is 23.6 Å². The van der Waals surface area contributed by atoms with Crippen LogP contribution in [0.15, 0.2) is 24.3 Å². The van der Waals surface area contributed by atoms with Crippen LogP contribution in [-0.2, 0) is 20.5 Å². The minimum atomic E-state index is -4.41. The number of esters is 1. The highest BCUT2D eigenvalue weighted by atomic mass is 19.4. The predicted molar refractivity (Wildman–Crippen MR) is 76.6 cm³/mol. The zero-order chi connectivity index (χ0) is 17.0. The molecule has 7 heteroatoms. The lowest BCUT2D eigenvalue weighted by molar-refractivity contribution is -0.144. The smallest absolute Gasteiger partial charge is 0.416 e. The lowest BCUT2D eigenvalue weighted by atomic mass is 9.87. The Labute approximate surface area is 132 Å². The molecule has 1 saturated heterocycles. The molecule has 1 aromatic carbocycles. The fourth-order valence-electron chi connectivity index (χ4n) is 2.75. The molecule has 4 nitrogen and oxygen atoms in total. The lowest BCUT2D eigenvalue weighted by Crippen LogP contribution is -2.33. The molecule has 126 valence electrons. The number of benzene rings is 1. The summed E-state index contributed by atoms with van der Waals surface area (Å²) in [5.41, 5.74) is -0.162. The number of hydrogen-bond donors (Lipinski definition) is 1. The van der Waals surface area contributed by atoms with Crippen LogP contribution in [0.5, 0.6) is 0 Å². The lowest BCUT2D eigenvalue weighted by Gasteiger charge is -2.23. The molecule has 0 bridgehead atoms. The van der Waals surface area contributed by atoms with Gasteiger partial charge in [0.1, 0.15) is 0 Å². The molecule has 1 aromatic rings. The van der Waals surface area contributed by atoms with E-state index >= 15 is 0 Å². The number of amides is 1. The minimum absolute atomic E-state index is 0.0180. The summed E-state index contributed by atoms with van der Waals surface area (Å²) in [6.45, 7) is 1.91. The number of alkyl halides is 3. The first-order chi connectivity index (χ1) is 10.8. The van der Waals surface area contributed by atoms with E-state index in [1.165, 1.54) is 12.1 Å². The second-order valence-electron chi connectivity index (χ2n) is 5.45. The van der Waals surface area contributed by atoms with E-state index in [0.717, 1.165) is 12.1 Å². The Morgan fingerprint density at radius 2 is 2.00 bits per heavy atom. The van der Waals surface area contributed by atoms with Crippen LogP contribution >= 0.6 is 0 Å². The zero-order valence-electron chi connectivity index (χ0n) is 12.7. The number of ether oxygens (including phenoxy) is 1. The van der Waals surface area contributed by atoms with Crippen molar-refractivity contribution in [2.24, 2.45) is 0 Å². The third-order valence-corrected chi connectivity index (χ3v) is 3.87. The fourth-order valence-corrected chi connectivity index (χ4v) is 2.75. The zero-order valence-corrected chi connectivity index (χ0v) is 12.7. The predicted octanol–water partition coefficient (Wildman–Crippen LogP) is 3.02. The Morgan fingerprint density at radius 1 is 1.35 bits per heavy atom. The summed E-state index contributed by atoms with van der Waals surface area (Å²) < 4.78 is 42.9. The van der Waals surface area contributed by atoms with E-state index in [1.54, 1.807) is 6.92 Å². The summed E-state index contributed by atoms with van der Waals surface area (Å²) in [6, 6.07) is 4.42. The van der Waals surface area contributed by atoms with Crippen LogP contribution in [0.25, 0.3) is 0 Å². The first kappa shape index (κ1) is 17.3. The van der Waals surface area contributed by atoms with Crippen molar-refractivity contribution in [3.63, 3.8) is 0 Å². The number of carbonyl (C=O) groups excluding carboxylic acids is 2. The van der Waals surface area contributed by atoms with Crippen LogP contribution in [0.1, 0.15) is 43.2 Å². The Kier molecular flexibility index (Phi) is 5.28. The van der Waals surface area contributed by atoms with Crippen molar-refractivity contribution in [3.8, 4) is 0 Å². The summed E-state index contributed by atoms with van der Waals surface area (Å²) >= 11 is 0. The molecular weight excluding hydrogens is 311 g/mol. The summed E-state index contributed by atoms with van der Waals surface area (Å²) in [4.78, 5) is 23.2. The van der Waals surface area contributed by atoms with Gasteiger partial charge in [0.2, 0.25) is 5.91 Å². The van der Waals surface area contributed by atoms with E-state index in [9.17, 15) is 22.8 Å². The van der Waals surface area contributed by atoms with Crippen molar-refractivity contribution < 1.29 is 27.5 Å². The molecule has 1 heterocycles. The number of rotatable bonds is 5. The van der Waals surface area contributed by atoms with Gasteiger partial charge in [-0.3, -0.25) is 9.59 Å². The molecule has 0 aliphatic carbocycles. The van der Waals surface area contributed by atoms with Gasteiger partial charge >= 0.3 is 12.1 Å². The molecule has 0 aromatic heterocycles. The third-order valence-electron chi connectivity index (χ3n) is 3.87. The Bertz CT molecular complexity index is 569. The average Bonchev–Trinajstić information content (AvgIpc) is 2.91. The molecular formula is C16H18F3NO3. The average molecular weight is 329 g/mol. The highest BCUT2D eigenvalue weighted by molar-refractivity contribution is 5.79. The van der Waals surface area contributed by atoms with E-state index in [2.05, 4.69) is 5.32 Å². The van der Waals surface area contributed by atoms with Crippen LogP contribution < -0.4 is 5.32 Å². The summed E-state index contributed by atoms with van der Waals surface area (Å²) in [5, 5.41) is 2.78. The number of hydrogen-bond acceptors (Lipinski definition) is 3. The van der Waals surface area contributed by atoms with Crippen LogP contribution in [0.2, 0.25) is 0 Å². The highest BCUT2D eigenvalue weighted by Crippen LogP contribution is 2.33. The Hall–Kier alpha value is -2.05. The Balaban J connectivity index is 2.22. The van der Waals surface area contributed by atoms with Crippen molar-refractivity contribution in [1.82, 2.24) is 5.32 Å². The standard InChI is InChI=1S/C16H18F3NO3/c1-2-23-15(22)9-12(13-7-8-14(21)20-13)10-3-5-11(6-4-10)16(17,18)19/h3-6,12-13H,2,7-9H2,1H3,(H,20,21). The van der Waals surface area contributed by atoms with Gasteiger partial charge in [-0.15, -0.1) is 0 Å². The molecule has 0 saturated carbocycles. The van der Waals surface area contributed by atoms with Gasteiger partial charge in [0, 0.05) is 18.4 Å². The van der Waals surface area contributed by atoms with Crippen LogP contribution in [0.3, 0.4) is 0 Å².